The Morgan fingerprint density at radius 1 is 1.42 bits per heavy atom. The molecule has 0 spiro atoms. The number of aliphatic hydroxyl groups is 1. The van der Waals surface area contributed by atoms with Gasteiger partial charge < -0.3 is 5.11 Å². The second-order valence-corrected chi connectivity index (χ2v) is 3.96. The van der Waals surface area contributed by atoms with Gasteiger partial charge in [-0.2, -0.15) is 0 Å². The van der Waals surface area contributed by atoms with E-state index in [4.69, 9.17) is 0 Å². The molecule has 3 heterocycles. The third kappa shape index (κ3) is 1.19. The Bertz CT molecular complexity index is 171. The fraction of sp³-hybridized carbons (Fsp3) is 0.800. The van der Waals surface area contributed by atoms with Gasteiger partial charge in [-0.3, -0.25) is 4.90 Å². The lowest BCUT2D eigenvalue weighted by Crippen LogP contribution is -2.57. The molecular weight excluding hydrogens is 150 g/mol. The van der Waals surface area contributed by atoms with Crippen molar-refractivity contribution in [3.63, 3.8) is 0 Å². The van der Waals surface area contributed by atoms with Crippen molar-refractivity contribution in [2.24, 2.45) is 5.92 Å². The summed E-state index contributed by atoms with van der Waals surface area (Å²) in [6, 6.07) is 0.370. The zero-order valence-corrected chi connectivity index (χ0v) is 7.45. The van der Waals surface area contributed by atoms with E-state index in [0.29, 0.717) is 12.0 Å². The molecule has 1 N–H and O–H groups in total. The summed E-state index contributed by atoms with van der Waals surface area (Å²) in [6.07, 6.45) is 5.15. The first-order valence-electron chi connectivity index (χ1n) is 4.86. The molecule has 2 unspecified atom stereocenters. The van der Waals surface area contributed by atoms with Crippen LogP contribution in [0.1, 0.15) is 19.3 Å². The smallest absolute Gasteiger partial charge is 0.0727 e. The van der Waals surface area contributed by atoms with Crippen LogP contribution in [0.3, 0.4) is 0 Å². The standard InChI is InChI=1S/C10H17NO/c1-2-3-9-10(12)8-4-6-11(9)7-5-8/h2,8-10,12H,1,3-7H2. The Morgan fingerprint density at radius 3 is 2.58 bits per heavy atom. The molecule has 2 bridgehead atoms. The molecule has 0 aromatic carbocycles. The lowest BCUT2D eigenvalue weighted by Gasteiger charge is -2.48. The molecule has 2 atom stereocenters. The summed E-state index contributed by atoms with van der Waals surface area (Å²) in [5.41, 5.74) is 0. The van der Waals surface area contributed by atoms with Crippen LogP contribution in [0.15, 0.2) is 12.7 Å². The minimum atomic E-state index is -0.0921. The third-order valence-electron chi connectivity index (χ3n) is 3.33. The second-order valence-electron chi connectivity index (χ2n) is 3.96. The maximum absolute atomic E-state index is 9.90. The van der Waals surface area contributed by atoms with Crippen LogP contribution in [0.5, 0.6) is 0 Å². The fourth-order valence-electron chi connectivity index (χ4n) is 2.58. The van der Waals surface area contributed by atoms with E-state index in [2.05, 4.69) is 11.5 Å². The van der Waals surface area contributed by atoms with Crippen molar-refractivity contribution < 1.29 is 5.11 Å². The average Bonchev–Trinajstić information content (AvgIpc) is 2.12. The molecule has 2 nitrogen and oxygen atoms in total. The summed E-state index contributed by atoms with van der Waals surface area (Å²) in [7, 11) is 0. The van der Waals surface area contributed by atoms with Crippen LogP contribution in [0.2, 0.25) is 0 Å². The van der Waals surface area contributed by atoms with Gasteiger partial charge in [0.25, 0.3) is 0 Å². The molecule has 2 heteroatoms. The Labute approximate surface area is 73.9 Å². The summed E-state index contributed by atoms with van der Waals surface area (Å²) in [5, 5.41) is 9.90. The Hall–Kier alpha value is -0.340. The molecule has 0 aliphatic carbocycles. The van der Waals surface area contributed by atoms with Crippen molar-refractivity contribution in [3.05, 3.63) is 12.7 Å². The van der Waals surface area contributed by atoms with E-state index in [0.717, 1.165) is 6.42 Å². The number of fused-ring (bicyclic) bond motifs is 3. The van der Waals surface area contributed by atoms with Crippen LogP contribution in [0.25, 0.3) is 0 Å². The van der Waals surface area contributed by atoms with Crippen LogP contribution in [-0.2, 0) is 0 Å². The SMILES string of the molecule is C=CCC1C(O)C2CCN1CC2. The van der Waals surface area contributed by atoms with E-state index < -0.39 is 0 Å². The molecule has 3 fully saturated rings. The summed E-state index contributed by atoms with van der Waals surface area (Å²) in [5.74, 6) is 0.569. The average molecular weight is 167 g/mol. The van der Waals surface area contributed by atoms with Crippen molar-refractivity contribution in [2.75, 3.05) is 13.1 Å². The molecule has 3 aliphatic rings. The van der Waals surface area contributed by atoms with Crippen LogP contribution >= 0.6 is 0 Å². The van der Waals surface area contributed by atoms with Crippen LogP contribution < -0.4 is 0 Å². The molecule has 3 saturated heterocycles. The first-order valence-corrected chi connectivity index (χ1v) is 4.86. The van der Waals surface area contributed by atoms with Gasteiger partial charge in [0.15, 0.2) is 0 Å². The van der Waals surface area contributed by atoms with E-state index in [-0.39, 0.29) is 6.10 Å². The molecule has 0 radical (unpaired) electrons. The highest BCUT2D eigenvalue weighted by molar-refractivity contribution is 4.97. The summed E-state index contributed by atoms with van der Waals surface area (Å²) in [4.78, 5) is 2.41. The predicted octanol–water partition coefficient (Wildman–Crippen LogP) is 1.02. The normalized spacial score (nSPS) is 46.1. The minimum Gasteiger partial charge on any atom is -0.391 e. The maximum atomic E-state index is 9.90. The van der Waals surface area contributed by atoms with E-state index >= 15 is 0 Å². The molecule has 12 heavy (non-hydrogen) atoms. The van der Waals surface area contributed by atoms with Gasteiger partial charge in [0.05, 0.1) is 6.10 Å². The van der Waals surface area contributed by atoms with Crippen molar-refractivity contribution in [2.45, 2.75) is 31.4 Å². The zero-order chi connectivity index (χ0) is 8.55. The second kappa shape index (κ2) is 3.19. The van der Waals surface area contributed by atoms with Gasteiger partial charge in [0.1, 0.15) is 0 Å². The highest BCUT2D eigenvalue weighted by Crippen LogP contribution is 2.33. The van der Waals surface area contributed by atoms with Gasteiger partial charge in [-0.1, -0.05) is 6.08 Å². The number of piperidine rings is 3. The van der Waals surface area contributed by atoms with Gasteiger partial charge >= 0.3 is 0 Å². The topological polar surface area (TPSA) is 23.5 Å². The largest absolute Gasteiger partial charge is 0.391 e. The summed E-state index contributed by atoms with van der Waals surface area (Å²) >= 11 is 0. The predicted molar refractivity (Wildman–Crippen MR) is 48.9 cm³/mol. The van der Waals surface area contributed by atoms with E-state index in [1.807, 2.05) is 6.08 Å². The van der Waals surface area contributed by atoms with Gasteiger partial charge in [0, 0.05) is 6.04 Å². The van der Waals surface area contributed by atoms with Gasteiger partial charge in [-0.15, -0.1) is 6.58 Å². The van der Waals surface area contributed by atoms with E-state index in [9.17, 15) is 5.11 Å². The summed E-state index contributed by atoms with van der Waals surface area (Å²) < 4.78 is 0. The number of hydrogen-bond donors (Lipinski definition) is 1. The molecule has 68 valence electrons. The number of nitrogens with zero attached hydrogens (tertiary/aromatic N) is 1. The molecule has 0 saturated carbocycles. The Kier molecular flexibility index (Phi) is 2.20. The fourth-order valence-corrected chi connectivity index (χ4v) is 2.58. The molecule has 0 aromatic heterocycles. The number of aliphatic hydroxyl groups excluding tert-OH is 1. The van der Waals surface area contributed by atoms with Crippen LogP contribution in [0.4, 0.5) is 0 Å². The quantitative estimate of drug-likeness (QED) is 0.621. The lowest BCUT2D eigenvalue weighted by atomic mass is 9.79. The molecule has 3 rings (SSSR count). The molecule has 3 aliphatic heterocycles. The molecule has 0 aromatic rings. The van der Waals surface area contributed by atoms with Crippen molar-refractivity contribution in [1.82, 2.24) is 4.90 Å². The number of rotatable bonds is 2. The van der Waals surface area contributed by atoms with E-state index in [1.54, 1.807) is 0 Å². The number of hydrogen-bond acceptors (Lipinski definition) is 2. The first kappa shape index (κ1) is 8.27. The van der Waals surface area contributed by atoms with E-state index in [1.165, 1.54) is 25.9 Å². The van der Waals surface area contributed by atoms with Crippen LogP contribution in [-0.4, -0.2) is 35.2 Å². The minimum absolute atomic E-state index is 0.0921. The van der Waals surface area contributed by atoms with Crippen molar-refractivity contribution in [1.29, 1.82) is 0 Å². The van der Waals surface area contributed by atoms with Gasteiger partial charge in [0.2, 0.25) is 0 Å². The van der Waals surface area contributed by atoms with Crippen LogP contribution in [0, 0.1) is 5.92 Å². The van der Waals surface area contributed by atoms with Crippen molar-refractivity contribution >= 4 is 0 Å². The maximum Gasteiger partial charge on any atom is 0.0727 e. The first-order chi connectivity index (χ1) is 5.83. The molecule has 0 amide bonds. The Balaban J connectivity index is 2.07. The van der Waals surface area contributed by atoms with Gasteiger partial charge in [-0.05, 0) is 38.3 Å². The zero-order valence-electron chi connectivity index (χ0n) is 7.45. The summed E-state index contributed by atoms with van der Waals surface area (Å²) in [6.45, 7) is 6.10. The molecular formula is C10H17NO. The highest BCUT2D eigenvalue weighted by atomic mass is 16.3. The highest BCUT2D eigenvalue weighted by Gasteiger charge is 2.40. The lowest BCUT2D eigenvalue weighted by molar-refractivity contribution is -0.0705. The monoisotopic (exact) mass is 167 g/mol. The Morgan fingerprint density at radius 2 is 2.08 bits per heavy atom. The van der Waals surface area contributed by atoms with Crippen molar-refractivity contribution in [3.8, 4) is 0 Å². The third-order valence-corrected chi connectivity index (χ3v) is 3.33. The van der Waals surface area contributed by atoms with Gasteiger partial charge in [-0.25, -0.2) is 0 Å².